The van der Waals surface area contributed by atoms with E-state index in [4.69, 9.17) is 14.2 Å². The first-order chi connectivity index (χ1) is 15.1. The zero-order chi connectivity index (χ0) is 22.2. The summed E-state index contributed by atoms with van der Waals surface area (Å²) in [5.74, 6) is 0.694. The van der Waals surface area contributed by atoms with Gasteiger partial charge in [0, 0.05) is 6.08 Å². The second-order valence-corrected chi connectivity index (χ2v) is 6.81. The van der Waals surface area contributed by atoms with Gasteiger partial charge < -0.3 is 14.2 Å². The Balaban J connectivity index is 1.83. The van der Waals surface area contributed by atoms with Gasteiger partial charge in [-0.2, -0.15) is 0 Å². The van der Waals surface area contributed by atoms with E-state index in [1.54, 1.807) is 24.3 Å². The standard InChI is InChI=1S/C25H25NO5/c1-29-21-16-19(17-22(30-2)25(21)31-3)13-15-24(28)26-20(10-7-11-23(26)27)14-12-18-8-5-4-6-9-18/h4-9,11-17,20H,10H2,1-3H3/b14-12+,15-13+. The summed E-state index contributed by atoms with van der Waals surface area (Å²) >= 11 is 0. The Hall–Kier alpha value is -3.80. The first kappa shape index (κ1) is 21.9. The minimum absolute atomic E-state index is 0.339. The Morgan fingerprint density at radius 1 is 0.968 bits per heavy atom. The fourth-order valence-corrected chi connectivity index (χ4v) is 3.33. The molecular formula is C25H25NO5. The van der Waals surface area contributed by atoms with Gasteiger partial charge in [0.25, 0.3) is 11.8 Å². The van der Waals surface area contributed by atoms with Gasteiger partial charge in [-0.3, -0.25) is 14.5 Å². The van der Waals surface area contributed by atoms with Crippen LogP contribution in [0.15, 0.2) is 66.8 Å². The molecule has 1 aliphatic rings. The highest BCUT2D eigenvalue weighted by molar-refractivity contribution is 6.07. The number of imide groups is 1. The summed E-state index contributed by atoms with van der Waals surface area (Å²) < 4.78 is 16.0. The van der Waals surface area contributed by atoms with Crippen LogP contribution in [0.4, 0.5) is 0 Å². The van der Waals surface area contributed by atoms with Gasteiger partial charge in [0.05, 0.1) is 27.4 Å². The maximum absolute atomic E-state index is 12.9. The number of amides is 2. The molecule has 2 aromatic carbocycles. The van der Waals surface area contributed by atoms with E-state index in [0.717, 1.165) is 5.56 Å². The van der Waals surface area contributed by atoms with E-state index >= 15 is 0 Å². The van der Waals surface area contributed by atoms with Gasteiger partial charge in [0.15, 0.2) is 11.5 Å². The molecule has 0 saturated carbocycles. The largest absolute Gasteiger partial charge is 0.493 e. The van der Waals surface area contributed by atoms with Crippen LogP contribution in [0.25, 0.3) is 12.2 Å². The molecule has 1 atom stereocenters. The predicted octanol–water partition coefficient (Wildman–Crippen LogP) is 4.12. The Labute approximate surface area is 182 Å². The van der Waals surface area contributed by atoms with Gasteiger partial charge in [0.1, 0.15) is 0 Å². The van der Waals surface area contributed by atoms with Crippen LogP contribution in [0.1, 0.15) is 17.5 Å². The number of hydrogen-bond donors (Lipinski definition) is 0. The lowest BCUT2D eigenvalue weighted by molar-refractivity contribution is -0.140. The normalized spacial score (nSPS) is 16.2. The maximum Gasteiger partial charge on any atom is 0.254 e. The summed E-state index contributed by atoms with van der Waals surface area (Å²) in [6, 6.07) is 12.9. The van der Waals surface area contributed by atoms with Crippen molar-refractivity contribution in [2.75, 3.05) is 21.3 Å². The fraction of sp³-hybridized carbons (Fsp3) is 0.200. The molecule has 0 radical (unpaired) electrons. The average molecular weight is 419 g/mol. The lowest BCUT2D eigenvalue weighted by Crippen LogP contribution is -2.43. The van der Waals surface area contributed by atoms with Gasteiger partial charge >= 0.3 is 0 Å². The van der Waals surface area contributed by atoms with Crippen LogP contribution >= 0.6 is 0 Å². The molecular weight excluding hydrogens is 394 g/mol. The van der Waals surface area contributed by atoms with E-state index in [0.29, 0.717) is 29.2 Å². The van der Waals surface area contributed by atoms with Crippen LogP contribution in [-0.2, 0) is 9.59 Å². The van der Waals surface area contributed by atoms with Crippen LogP contribution in [0, 0.1) is 0 Å². The summed E-state index contributed by atoms with van der Waals surface area (Å²) in [6.07, 6.45) is 10.6. The molecule has 0 aliphatic carbocycles. The minimum Gasteiger partial charge on any atom is -0.493 e. The lowest BCUT2D eigenvalue weighted by Gasteiger charge is -2.28. The molecule has 0 N–H and O–H groups in total. The SMILES string of the molecule is COc1cc(/C=C/C(=O)N2C(=O)C=CCC2/C=C/c2ccccc2)cc(OC)c1OC. The van der Waals surface area contributed by atoms with Crippen molar-refractivity contribution in [1.29, 1.82) is 0 Å². The number of methoxy groups -OCH3 is 3. The Bertz CT molecular complexity index is 998. The Kier molecular flexibility index (Phi) is 7.27. The molecule has 1 aliphatic heterocycles. The number of rotatable bonds is 7. The first-order valence-electron chi connectivity index (χ1n) is 9.82. The third-order valence-electron chi connectivity index (χ3n) is 4.86. The second kappa shape index (κ2) is 10.3. The van der Waals surface area contributed by atoms with Crippen LogP contribution < -0.4 is 14.2 Å². The molecule has 1 heterocycles. The van der Waals surface area contributed by atoms with Crippen molar-refractivity contribution in [3.63, 3.8) is 0 Å². The Morgan fingerprint density at radius 2 is 1.65 bits per heavy atom. The van der Waals surface area contributed by atoms with Crippen molar-refractivity contribution < 1.29 is 23.8 Å². The van der Waals surface area contributed by atoms with Gasteiger partial charge in [0.2, 0.25) is 5.75 Å². The molecule has 0 bridgehead atoms. The second-order valence-electron chi connectivity index (χ2n) is 6.81. The van der Waals surface area contributed by atoms with Gasteiger partial charge in [-0.05, 0) is 41.8 Å². The van der Waals surface area contributed by atoms with Crippen LogP contribution in [0.3, 0.4) is 0 Å². The molecule has 0 aromatic heterocycles. The smallest absolute Gasteiger partial charge is 0.254 e. The minimum atomic E-state index is -0.397. The van der Waals surface area contributed by atoms with Crippen molar-refractivity contribution in [2.45, 2.75) is 12.5 Å². The quantitative estimate of drug-likeness (QED) is 0.632. The number of carbonyl (C=O) groups is 2. The predicted molar refractivity (Wildman–Crippen MR) is 120 cm³/mol. The topological polar surface area (TPSA) is 65.1 Å². The number of carbonyl (C=O) groups excluding carboxylic acids is 2. The van der Waals surface area contributed by atoms with E-state index in [1.165, 1.54) is 38.4 Å². The summed E-state index contributed by atoms with van der Waals surface area (Å²) in [5, 5.41) is 0. The lowest BCUT2D eigenvalue weighted by atomic mass is 10.0. The number of hydrogen-bond acceptors (Lipinski definition) is 5. The van der Waals surface area contributed by atoms with Crippen molar-refractivity contribution in [3.05, 3.63) is 77.9 Å². The third kappa shape index (κ3) is 5.22. The van der Waals surface area contributed by atoms with Crippen molar-refractivity contribution in [2.24, 2.45) is 0 Å². The number of nitrogens with zero attached hydrogens (tertiary/aromatic N) is 1. The molecule has 31 heavy (non-hydrogen) atoms. The van der Waals surface area contributed by atoms with E-state index in [9.17, 15) is 9.59 Å². The summed E-state index contributed by atoms with van der Waals surface area (Å²) in [5.41, 5.74) is 1.68. The van der Waals surface area contributed by atoms with Crippen LogP contribution in [-0.4, -0.2) is 44.1 Å². The highest BCUT2D eigenvalue weighted by atomic mass is 16.5. The summed E-state index contributed by atoms with van der Waals surface area (Å²) in [6.45, 7) is 0. The van der Waals surface area contributed by atoms with Crippen LogP contribution in [0.5, 0.6) is 17.2 Å². The average Bonchev–Trinajstić information content (AvgIpc) is 2.81. The molecule has 3 rings (SSSR count). The molecule has 0 spiro atoms. The van der Waals surface area contributed by atoms with Crippen LogP contribution in [0.2, 0.25) is 0 Å². The molecule has 0 saturated heterocycles. The molecule has 2 amide bonds. The molecule has 160 valence electrons. The van der Waals surface area contributed by atoms with Crippen molar-refractivity contribution in [1.82, 2.24) is 4.90 Å². The van der Waals surface area contributed by atoms with Crippen molar-refractivity contribution >= 4 is 24.0 Å². The van der Waals surface area contributed by atoms with E-state index in [1.807, 2.05) is 42.5 Å². The number of ether oxygens (including phenoxy) is 3. The fourth-order valence-electron chi connectivity index (χ4n) is 3.33. The van der Waals surface area contributed by atoms with Crippen molar-refractivity contribution in [3.8, 4) is 17.2 Å². The zero-order valence-corrected chi connectivity index (χ0v) is 17.8. The van der Waals surface area contributed by atoms with E-state index in [-0.39, 0.29) is 11.9 Å². The zero-order valence-electron chi connectivity index (χ0n) is 17.8. The molecule has 0 fully saturated rings. The molecule has 6 nitrogen and oxygen atoms in total. The molecule has 2 aromatic rings. The van der Waals surface area contributed by atoms with Gasteiger partial charge in [-0.25, -0.2) is 0 Å². The van der Waals surface area contributed by atoms with E-state index < -0.39 is 5.91 Å². The third-order valence-corrected chi connectivity index (χ3v) is 4.86. The number of benzene rings is 2. The maximum atomic E-state index is 12.9. The molecule has 6 heteroatoms. The highest BCUT2D eigenvalue weighted by Gasteiger charge is 2.27. The summed E-state index contributed by atoms with van der Waals surface area (Å²) in [7, 11) is 4.58. The van der Waals surface area contributed by atoms with E-state index in [2.05, 4.69) is 0 Å². The Morgan fingerprint density at radius 3 is 2.26 bits per heavy atom. The van der Waals surface area contributed by atoms with Gasteiger partial charge in [-0.15, -0.1) is 0 Å². The molecule has 1 unspecified atom stereocenters. The van der Waals surface area contributed by atoms with Gasteiger partial charge in [-0.1, -0.05) is 48.6 Å². The first-order valence-corrected chi connectivity index (χ1v) is 9.82. The summed E-state index contributed by atoms with van der Waals surface area (Å²) in [4.78, 5) is 26.6. The monoisotopic (exact) mass is 419 g/mol. The highest BCUT2D eigenvalue weighted by Crippen LogP contribution is 2.38.